The number of nitrogens with zero attached hydrogens (tertiary/aromatic N) is 1. The fraction of sp³-hybridized carbons (Fsp3) is 1.00. The summed E-state index contributed by atoms with van der Waals surface area (Å²) < 4.78 is 0. The topological polar surface area (TPSA) is 3.24 Å². The van der Waals surface area contributed by atoms with Gasteiger partial charge in [0.1, 0.15) is 0 Å². The molecular formula is C9H18BrN. The Bertz CT molecular complexity index is 106. The van der Waals surface area contributed by atoms with E-state index in [1.807, 2.05) is 0 Å². The molecule has 0 saturated carbocycles. The van der Waals surface area contributed by atoms with Crippen molar-refractivity contribution in [2.24, 2.45) is 0 Å². The summed E-state index contributed by atoms with van der Waals surface area (Å²) in [6.45, 7) is 6.15. The lowest BCUT2D eigenvalue weighted by Crippen LogP contribution is -2.36. The lowest BCUT2D eigenvalue weighted by Gasteiger charge is -2.29. The van der Waals surface area contributed by atoms with Crippen LogP contribution >= 0.6 is 15.9 Å². The normalized spacial score (nSPS) is 27.3. The Morgan fingerprint density at radius 1 is 1.55 bits per heavy atom. The number of likely N-dealkylation sites (tertiary alicyclic amines) is 1. The van der Waals surface area contributed by atoms with Gasteiger partial charge in [0, 0.05) is 11.4 Å². The molecule has 1 aliphatic heterocycles. The molecule has 1 rings (SSSR count). The maximum Gasteiger partial charge on any atom is 0.0273 e. The van der Waals surface area contributed by atoms with Crippen LogP contribution in [0.25, 0.3) is 0 Å². The molecule has 0 spiro atoms. The van der Waals surface area contributed by atoms with Gasteiger partial charge in [-0.1, -0.05) is 29.3 Å². The van der Waals surface area contributed by atoms with Gasteiger partial charge in [-0.3, -0.25) is 0 Å². The molecule has 0 aliphatic carbocycles. The fourth-order valence-corrected chi connectivity index (χ4v) is 2.32. The van der Waals surface area contributed by atoms with E-state index in [1.54, 1.807) is 0 Å². The second-order valence-electron chi connectivity index (χ2n) is 3.39. The van der Waals surface area contributed by atoms with Crippen molar-refractivity contribution in [3.63, 3.8) is 0 Å². The van der Waals surface area contributed by atoms with Gasteiger partial charge in [0.25, 0.3) is 0 Å². The summed E-state index contributed by atoms with van der Waals surface area (Å²) in [5.74, 6) is 0. The Hall–Kier alpha value is 0.440. The third-order valence-electron chi connectivity index (χ3n) is 2.28. The van der Waals surface area contributed by atoms with Crippen LogP contribution in [0.5, 0.6) is 0 Å². The van der Waals surface area contributed by atoms with Crippen LogP contribution in [0.1, 0.15) is 32.6 Å². The molecule has 2 heteroatoms. The number of unbranched alkanes of at least 4 members (excludes halogenated alkanes) is 1. The predicted molar refractivity (Wildman–Crippen MR) is 53.3 cm³/mol. The van der Waals surface area contributed by atoms with Crippen molar-refractivity contribution in [1.82, 2.24) is 4.90 Å². The highest BCUT2D eigenvalue weighted by Crippen LogP contribution is 2.16. The van der Waals surface area contributed by atoms with E-state index in [0.717, 1.165) is 4.83 Å². The monoisotopic (exact) mass is 219 g/mol. The molecule has 1 heterocycles. The summed E-state index contributed by atoms with van der Waals surface area (Å²) in [5, 5.41) is 0. The van der Waals surface area contributed by atoms with Gasteiger partial charge >= 0.3 is 0 Å². The van der Waals surface area contributed by atoms with Gasteiger partial charge in [0.05, 0.1) is 0 Å². The van der Waals surface area contributed by atoms with Gasteiger partial charge in [-0.05, 0) is 32.4 Å². The number of alkyl halides is 1. The molecular weight excluding hydrogens is 202 g/mol. The van der Waals surface area contributed by atoms with E-state index in [0.29, 0.717) is 0 Å². The molecule has 1 unspecified atom stereocenters. The second kappa shape index (κ2) is 5.15. The maximum atomic E-state index is 3.68. The van der Waals surface area contributed by atoms with E-state index in [4.69, 9.17) is 0 Å². The molecule has 11 heavy (non-hydrogen) atoms. The quantitative estimate of drug-likeness (QED) is 0.661. The Morgan fingerprint density at radius 3 is 3.00 bits per heavy atom. The van der Waals surface area contributed by atoms with E-state index in [2.05, 4.69) is 27.8 Å². The van der Waals surface area contributed by atoms with Crippen molar-refractivity contribution in [1.29, 1.82) is 0 Å². The van der Waals surface area contributed by atoms with Crippen LogP contribution in [0, 0.1) is 0 Å². The molecule has 1 atom stereocenters. The molecule has 0 amide bonds. The minimum absolute atomic E-state index is 0.758. The average molecular weight is 220 g/mol. The van der Waals surface area contributed by atoms with Crippen LogP contribution in [0.2, 0.25) is 0 Å². The molecule has 0 aromatic rings. The van der Waals surface area contributed by atoms with Crippen LogP contribution in [0.3, 0.4) is 0 Å². The van der Waals surface area contributed by atoms with Crippen LogP contribution in [0.15, 0.2) is 0 Å². The highest BCUT2D eigenvalue weighted by molar-refractivity contribution is 9.09. The zero-order valence-electron chi connectivity index (χ0n) is 7.35. The van der Waals surface area contributed by atoms with Crippen LogP contribution in [0.4, 0.5) is 0 Å². The van der Waals surface area contributed by atoms with Gasteiger partial charge in [-0.25, -0.2) is 0 Å². The first kappa shape index (κ1) is 9.53. The van der Waals surface area contributed by atoms with E-state index in [9.17, 15) is 0 Å². The molecule has 1 aliphatic rings. The van der Waals surface area contributed by atoms with Crippen molar-refractivity contribution in [3.8, 4) is 0 Å². The highest BCUT2D eigenvalue weighted by Gasteiger charge is 2.15. The summed E-state index contributed by atoms with van der Waals surface area (Å²) in [6, 6.07) is 0. The van der Waals surface area contributed by atoms with Crippen LogP contribution in [-0.4, -0.2) is 29.4 Å². The molecule has 1 nitrogen and oxygen atoms in total. The Kier molecular flexibility index (Phi) is 4.46. The Morgan fingerprint density at radius 2 is 2.36 bits per heavy atom. The maximum absolute atomic E-state index is 3.68. The first-order valence-corrected chi connectivity index (χ1v) is 5.61. The molecule has 1 saturated heterocycles. The largest absolute Gasteiger partial charge is 0.302 e. The molecule has 1 fully saturated rings. The first-order valence-electron chi connectivity index (χ1n) is 4.69. The van der Waals surface area contributed by atoms with E-state index >= 15 is 0 Å². The standard InChI is InChI=1S/C9H18BrN/c1-2-3-6-11-7-4-5-9(10)8-11/h9H,2-8H2,1H3. The molecule has 0 N–H and O–H groups in total. The zero-order valence-corrected chi connectivity index (χ0v) is 8.94. The van der Waals surface area contributed by atoms with Crippen molar-refractivity contribution in [3.05, 3.63) is 0 Å². The highest BCUT2D eigenvalue weighted by atomic mass is 79.9. The van der Waals surface area contributed by atoms with Crippen molar-refractivity contribution in [2.75, 3.05) is 19.6 Å². The van der Waals surface area contributed by atoms with Crippen LogP contribution in [-0.2, 0) is 0 Å². The zero-order chi connectivity index (χ0) is 8.10. The molecule has 0 aromatic heterocycles. The van der Waals surface area contributed by atoms with Crippen molar-refractivity contribution < 1.29 is 0 Å². The van der Waals surface area contributed by atoms with Gasteiger partial charge in [0.15, 0.2) is 0 Å². The Labute approximate surface area is 78.3 Å². The summed E-state index contributed by atoms with van der Waals surface area (Å²) in [5.41, 5.74) is 0. The smallest absolute Gasteiger partial charge is 0.0273 e. The Balaban J connectivity index is 2.12. The van der Waals surface area contributed by atoms with Gasteiger partial charge < -0.3 is 4.90 Å². The van der Waals surface area contributed by atoms with E-state index < -0.39 is 0 Å². The number of piperidine rings is 1. The van der Waals surface area contributed by atoms with Crippen molar-refractivity contribution >= 4 is 15.9 Å². The summed E-state index contributed by atoms with van der Waals surface area (Å²) in [6.07, 6.45) is 5.42. The van der Waals surface area contributed by atoms with Gasteiger partial charge in [0.2, 0.25) is 0 Å². The van der Waals surface area contributed by atoms with Gasteiger partial charge in [-0.15, -0.1) is 0 Å². The lowest BCUT2D eigenvalue weighted by atomic mass is 10.1. The van der Waals surface area contributed by atoms with Crippen molar-refractivity contribution in [2.45, 2.75) is 37.4 Å². The summed E-state index contributed by atoms with van der Waals surface area (Å²) >= 11 is 3.68. The molecule has 0 radical (unpaired) electrons. The SMILES string of the molecule is CCCCN1CCCC(Br)C1. The number of hydrogen-bond donors (Lipinski definition) is 0. The number of halogens is 1. The van der Waals surface area contributed by atoms with E-state index in [1.165, 1.54) is 45.3 Å². The van der Waals surface area contributed by atoms with E-state index in [-0.39, 0.29) is 0 Å². The minimum atomic E-state index is 0.758. The predicted octanol–water partition coefficient (Wildman–Crippen LogP) is 2.65. The third kappa shape index (κ3) is 3.57. The fourth-order valence-electron chi connectivity index (χ4n) is 1.58. The summed E-state index contributed by atoms with van der Waals surface area (Å²) in [4.78, 5) is 3.33. The number of hydrogen-bond acceptors (Lipinski definition) is 1. The molecule has 66 valence electrons. The second-order valence-corrected chi connectivity index (χ2v) is 4.69. The average Bonchev–Trinajstić information content (AvgIpc) is 2.01. The summed E-state index contributed by atoms with van der Waals surface area (Å²) in [7, 11) is 0. The van der Waals surface area contributed by atoms with Crippen LogP contribution < -0.4 is 0 Å². The minimum Gasteiger partial charge on any atom is -0.302 e. The lowest BCUT2D eigenvalue weighted by molar-refractivity contribution is 0.232. The van der Waals surface area contributed by atoms with Gasteiger partial charge in [-0.2, -0.15) is 0 Å². The number of rotatable bonds is 3. The molecule has 0 aromatic carbocycles. The first-order chi connectivity index (χ1) is 5.33. The molecule has 0 bridgehead atoms. The third-order valence-corrected chi connectivity index (χ3v) is 3.02.